The number of esters is 1. The molecule has 0 fully saturated rings. The molecule has 0 saturated carbocycles. The van der Waals surface area contributed by atoms with Crippen molar-refractivity contribution in [3.63, 3.8) is 0 Å². The van der Waals surface area contributed by atoms with Gasteiger partial charge in [-0.3, -0.25) is 0 Å². The van der Waals surface area contributed by atoms with E-state index in [1.807, 2.05) is 0 Å². The Labute approximate surface area is 150 Å². The summed E-state index contributed by atoms with van der Waals surface area (Å²) in [6.45, 7) is 1.82. The minimum absolute atomic E-state index is 0.102. The van der Waals surface area contributed by atoms with Crippen molar-refractivity contribution in [2.45, 2.75) is 90.0 Å². The summed E-state index contributed by atoms with van der Waals surface area (Å²) in [6, 6.07) is 1.50. The first kappa shape index (κ1) is 21.7. The zero-order valence-electron chi connectivity index (χ0n) is 15.7. The molecule has 1 aromatic rings. The number of hydrogen-bond donors (Lipinski definition) is 0. The lowest BCUT2D eigenvalue weighted by Crippen LogP contribution is -2.23. The van der Waals surface area contributed by atoms with Gasteiger partial charge in [-0.1, -0.05) is 64.7 Å². The topological polar surface area (TPSA) is 31.2 Å². The molecule has 0 bridgehead atoms. The summed E-state index contributed by atoms with van der Waals surface area (Å²) >= 11 is 0. The third-order valence-electron chi connectivity index (χ3n) is 4.48. The maximum absolute atomic E-state index is 14.0. The van der Waals surface area contributed by atoms with E-state index in [9.17, 15) is 13.6 Å². The van der Waals surface area contributed by atoms with Gasteiger partial charge in [0.05, 0.1) is 19.2 Å². The summed E-state index contributed by atoms with van der Waals surface area (Å²) in [5, 5.41) is 0. The fourth-order valence-corrected chi connectivity index (χ4v) is 2.99. The van der Waals surface area contributed by atoms with Gasteiger partial charge in [0.2, 0.25) is 0 Å². The van der Waals surface area contributed by atoms with Gasteiger partial charge in [-0.25, -0.2) is 13.6 Å². The van der Waals surface area contributed by atoms with Crippen LogP contribution in [0, 0.1) is 0 Å². The molecule has 3 nitrogen and oxygen atoms in total. The van der Waals surface area contributed by atoms with E-state index in [1.54, 1.807) is 0 Å². The summed E-state index contributed by atoms with van der Waals surface area (Å²) in [7, 11) is 1.28. The van der Waals surface area contributed by atoms with Crippen LogP contribution in [0.3, 0.4) is 0 Å². The lowest BCUT2D eigenvalue weighted by molar-refractivity contribution is -0.0266. The van der Waals surface area contributed by atoms with E-state index in [0.29, 0.717) is 12.0 Å². The Bertz CT molecular complexity index is 486. The SMILES string of the molecule is CCCCCCCCCCCCC(F)(F)Cn1ccc(C(=O)OC)c1. The quantitative estimate of drug-likeness (QED) is 0.292. The normalized spacial score (nSPS) is 11.7. The van der Waals surface area contributed by atoms with Crippen molar-refractivity contribution < 1.29 is 18.3 Å². The van der Waals surface area contributed by atoms with Crippen molar-refractivity contribution in [3.8, 4) is 0 Å². The largest absolute Gasteiger partial charge is 0.465 e. The number of carbonyl (C=O) groups excluding carboxylic acids is 1. The van der Waals surface area contributed by atoms with E-state index in [-0.39, 0.29) is 13.0 Å². The Morgan fingerprint density at radius 3 is 2.16 bits per heavy atom. The van der Waals surface area contributed by atoms with Crippen molar-refractivity contribution in [3.05, 3.63) is 24.0 Å². The summed E-state index contributed by atoms with van der Waals surface area (Å²) in [5.41, 5.74) is 0.303. The monoisotopic (exact) mass is 357 g/mol. The fourth-order valence-electron chi connectivity index (χ4n) is 2.99. The molecule has 0 aliphatic rings. The third-order valence-corrected chi connectivity index (χ3v) is 4.48. The lowest BCUT2D eigenvalue weighted by atomic mass is 10.0. The third kappa shape index (κ3) is 9.61. The van der Waals surface area contributed by atoms with E-state index < -0.39 is 11.9 Å². The molecular weight excluding hydrogens is 324 g/mol. The highest BCUT2D eigenvalue weighted by atomic mass is 19.3. The lowest BCUT2D eigenvalue weighted by Gasteiger charge is -2.17. The Kier molecular flexibility index (Phi) is 10.4. The van der Waals surface area contributed by atoms with Gasteiger partial charge in [-0.05, 0) is 12.5 Å². The Morgan fingerprint density at radius 1 is 1.04 bits per heavy atom. The number of nitrogens with zero attached hydrogens (tertiary/aromatic N) is 1. The highest BCUT2D eigenvalue weighted by Gasteiger charge is 2.28. The smallest absolute Gasteiger partial charge is 0.339 e. The number of unbranched alkanes of at least 4 members (excludes halogenated alkanes) is 9. The fraction of sp³-hybridized carbons (Fsp3) is 0.750. The van der Waals surface area contributed by atoms with Crippen LogP contribution in [0.2, 0.25) is 0 Å². The van der Waals surface area contributed by atoms with Crippen molar-refractivity contribution in [2.24, 2.45) is 0 Å². The van der Waals surface area contributed by atoms with Gasteiger partial charge < -0.3 is 9.30 Å². The number of rotatable bonds is 14. The highest BCUT2D eigenvalue weighted by Crippen LogP contribution is 2.25. The zero-order valence-corrected chi connectivity index (χ0v) is 15.7. The summed E-state index contributed by atoms with van der Waals surface area (Å²) in [4.78, 5) is 11.3. The van der Waals surface area contributed by atoms with E-state index >= 15 is 0 Å². The zero-order chi connectivity index (χ0) is 18.5. The number of carbonyl (C=O) groups is 1. The number of aromatic nitrogens is 1. The van der Waals surface area contributed by atoms with E-state index in [2.05, 4.69) is 11.7 Å². The van der Waals surface area contributed by atoms with Gasteiger partial charge in [0.1, 0.15) is 0 Å². The molecule has 0 amide bonds. The minimum atomic E-state index is -2.74. The van der Waals surface area contributed by atoms with Crippen LogP contribution in [0.4, 0.5) is 8.78 Å². The van der Waals surface area contributed by atoms with Crippen molar-refractivity contribution in [1.82, 2.24) is 4.57 Å². The molecule has 144 valence electrons. The van der Waals surface area contributed by atoms with Gasteiger partial charge in [-0.2, -0.15) is 0 Å². The maximum Gasteiger partial charge on any atom is 0.339 e. The standard InChI is InChI=1S/C20H33F2NO2/c1-3-4-5-6-7-8-9-10-11-12-14-20(21,22)17-23-15-13-18(16-23)19(24)25-2/h13,15-16H,3-12,14,17H2,1-2H3. The summed E-state index contributed by atoms with van der Waals surface area (Å²) in [5.74, 6) is -3.25. The molecule has 0 radical (unpaired) electrons. The number of alkyl halides is 2. The van der Waals surface area contributed by atoms with E-state index in [4.69, 9.17) is 0 Å². The predicted molar refractivity (Wildman–Crippen MR) is 97.2 cm³/mol. The molecule has 0 aliphatic heterocycles. The average Bonchev–Trinajstić information content (AvgIpc) is 3.03. The molecule has 0 spiro atoms. The first-order valence-corrected chi connectivity index (χ1v) is 9.60. The molecule has 0 aromatic carbocycles. The highest BCUT2D eigenvalue weighted by molar-refractivity contribution is 5.89. The van der Waals surface area contributed by atoms with Crippen LogP contribution in [0.25, 0.3) is 0 Å². The second-order valence-electron chi connectivity index (χ2n) is 6.85. The van der Waals surface area contributed by atoms with Gasteiger partial charge in [0, 0.05) is 18.8 Å². The molecule has 0 N–H and O–H groups in total. The van der Waals surface area contributed by atoms with Gasteiger partial charge in [0.25, 0.3) is 5.92 Å². The molecule has 25 heavy (non-hydrogen) atoms. The Balaban J connectivity index is 2.12. The predicted octanol–water partition coefficient (Wildman–Crippen LogP) is 6.22. The molecule has 0 saturated heterocycles. The molecule has 5 heteroatoms. The van der Waals surface area contributed by atoms with Crippen LogP contribution in [0.5, 0.6) is 0 Å². The second kappa shape index (κ2) is 12.0. The first-order valence-electron chi connectivity index (χ1n) is 9.60. The molecule has 0 unspecified atom stereocenters. The maximum atomic E-state index is 14.0. The van der Waals surface area contributed by atoms with Crippen LogP contribution in [-0.2, 0) is 11.3 Å². The number of hydrogen-bond acceptors (Lipinski definition) is 2. The van der Waals surface area contributed by atoms with Crippen molar-refractivity contribution in [1.29, 1.82) is 0 Å². The number of methoxy groups -OCH3 is 1. The Hall–Kier alpha value is -1.39. The van der Waals surface area contributed by atoms with Crippen LogP contribution in [0.15, 0.2) is 18.5 Å². The summed E-state index contributed by atoms with van der Waals surface area (Å²) in [6.07, 6.45) is 14.1. The molecule has 0 atom stereocenters. The van der Waals surface area contributed by atoms with Crippen LogP contribution in [0.1, 0.15) is 87.9 Å². The van der Waals surface area contributed by atoms with Gasteiger partial charge >= 0.3 is 5.97 Å². The van der Waals surface area contributed by atoms with Crippen LogP contribution < -0.4 is 0 Å². The molecule has 1 rings (SSSR count). The van der Waals surface area contributed by atoms with Crippen molar-refractivity contribution >= 4 is 5.97 Å². The number of ether oxygens (including phenoxy) is 1. The summed E-state index contributed by atoms with van der Waals surface area (Å²) < 4.78 is 34.0. The van der Waals surface area contributed by atoms with Crippen LogP contribution >= 0.6 is 0 Å². The minimum Gasteiger partial charge on any atom is -0.465 e. The average molecular weight is 357 g/mol. The first-order chi connectivity index (χ1) is 12.0. The van der Waals surface area contributed by atoms with Gasteiger partial charge in [0.15, 0.2) is 0 Å². The molecule has 1 heterocycles. The Morgan fingerprint density at radius 2 is 1.60 bits per heavy atom. The van der Waals surface area contributed by atoms with Crippen LogP contribution in [-0.4, -0.2) is 23.6 Å². The van der Waals surface area contributed by atoms with Gasteiger partial charge in [-0.15, -0.1) is 0 Å². The van der Waals surface area contributed by atoms with Crippen molar-refractivity contribution in [2.75, 3.05) is 7.11 Å². The molecule has 1 aromatic heterocycles. The number of halogens is 2. The molecular formula is C20H33F2NO2. The second-order valence-corrected chi connectivity index (χ2v) is 6.85. The molecule has 0 aliphatic carbocycles. The van der Waals surface area contributed by atoms with E-state index in [0.717, 1.165) is 19.3 Å². The van der Waals surface area contributed by atoms with E-state index in [1.165, 1.54) is 68.7 Å².